The van der Waals surface area contributed by atoms with Crippen LogP contribution >= 0.6 is 11.8 Å². The van der Waals surface area contributed by atoms with Gasteiger partial charge in [0.1, 0.15) is 0 Å². The number of carbonyl (C=O) groups excluding carboxylic acids is 2. The number of nitrogens with one attached hydrogen (secondary N) is 1. The number of carbonyl (C=O) groups is 2. The highest BCUT2D eigenvalue weighted by molar-refractivity contribution is 7.98. The van der Waals surface area contributed by atoms with Gasteiger partial charge in [0.25, 0.3) is 0 Å². The topological polar surface area (TPSA) is 75.4 Å². The Labute approximate surface area is 135 Å². The van der Waals surface area contributed by atoms with E-state index >= 15 is 0 Å². The maximum atomic E-state index is 11.8. The minimum atomic E-state index is -0.450. The minimum Gasteiger partial charge on any atom is -0.351 e. The summed E-state index contributed by atoms with van der Waals surface area (Å²) in [6, 6.07) is 7.29. The fraction of sp³-hybridized carbons (Fsp3) is 0.500. The molecule has 2 rings (SSSR count). The molecule has 22 heavy (non-hydrogen) atoms. The van der Waals surface area contributed by atoms with Crippen LogP contribution in [-0.4, -0.2) is 36.4 Å². The maximum absolute atomic E-state index is 11.8. The largest absolute Gasteiger partial charge is 0.351 e. The van der Waals surface area contributed by atoms with E-state index in [9.17, 15) is 9.59 Å². The van der Waals surface area contributed by atoms with Crippen LogP contribution in [0.1, 0.15) is 24.8 Å². The summed E-state index contributed by atoms with van der Waals surface area (Å²) in [6.45, 7) is 1.25. The van der Waals surface area contributed by atoms with Crippen molar-refractivity contribution in [1.29, 1.82) is 0 Å². The van der Waals surface area contributed by atoms with Gasteiger partial charge in [0, 0.05) is 25.2 Å². The number of amides is 2. The lowest BCUT2D eigenvalue weighted by molar-refractivity contribution is -0.122. The van der Waals surface area contributed by atoms with Gasteiger partial charge in [-0.15, -0.1) is 0 Å². The SMILES string of the molecule is CSCC[C@H](N)C(=O)NCc1ccc(N2CCCC2=O)cc1. The first-order chi connectivity index (χ1) is 10.6. The summed E-state index contributed by atoms with van der Waals surface area (Å²) in [5.74, 6) is 0.946. The Balaban J connectivity index is 1.84. The fourth-order valence-corrected chi connectivity index (χ4v) is 2.90. The van der Waals surface area contributed by atoms with Gasteiger partial charge in [-0.25, -0.2) is 0 Å². The number of nitrogens with zero attached hydrogens (tertiary/aromatic N) is 1. The molecule has 0 unspecified atom stereocenters. The van der Waals surface area contributed by atoms with Crippen molar-refractivity contribution in [3.05, 3.63) is 29.8 Å². The smallest absolute Gasteiger partial charge is 0.237 e. The average Bonchev–Trinajstić information content (AvgIpc) is 2.96. The van der Waals surface area contributed by atoms with Crippen LogP contribution in [0.2, 0.25) is 0 Å². The summed E-state index contributed by atoms with van der Waals surface area (Å²) in [6.07, 6.45) is 4.23. The quantitative estimate of drug-likeness (QED) is 0.798. The van der Waals surface area contributed by atoms with Gasteiger partial charge in [0.2, 0.25) is 11.8 Å². The van der Waals surface area contributed by atoms with Gasteiger partial charge < -0.3 is 16.0 Å². The number of hydrogen-bond acceptors (Lipinski definition) is 4. The van der Waals surface area contributed by atoms with E-state index in [-0.39, 0.29) is 11.8 Å². The van der Waals surface area contributed by atoms with Crippen molar-refractivity contribution < 1.29 is 9.59 Å². The van der Waals surface area contributed by atoms with Crippen molar-refractivity contribution in [3.63, 3.8) is 0 Å². The molecule has 1 saturated heterocycles. The van der Waals surface area contributed by atoms with Gasteiger partial charge in [-0.1, -0.05) is 12.1 Å². The number of nitrogens with two attached hydrogens (primary N) is 1. The van der Waals surface area contributed by atoms with Crippen molar-refractivity contribution >= 4 is 29.3 Å². The summed E-state index contributed by atoms with van der Waals surface area (Å²) in [5.41, 5.74) is 7.75. The van der Waals surface area contributed by atoms with Crippen LogP contribution in [-0.2, 0) is 16.1 Å². The Bertz CT molecular complexity index is 519. The van der Waals surface area contributed by atoms with Crippen molar-refractivity contribution in [1.82, 2.24) is 5.32 Å². The molecule has 0 aliphatic carbocycles. The first-order valence-corrected chi connectivity index (χ1v) is 8.92. The monoisotopic (exact) mass is 321 g/mol. The van der Waals surface area contributed by atoms with Crippen LogP contribution in [0.5, 0.6) is 0 Å². The molecular weight excluding hydrogens is 298 g/mol. The molecule has 5 nitrogen and oxygen atoms in total. The van der Waals surface area contributed by atoms with Gasteiger partial charge in [0.15, 0.2) is 0 Å². The molecule has 6 heteroatoms. The highest BCUT2D eigenvalue weighted by Gasteiger charge is 2.21. The van der Waals surface area contributed by atoms with Crippen LogP contribution in [0.15, 0.2) is 24.3 Å². The fourth-order valence-electron chi connectivity index (χ4n) is 2.41. The normalized spacial score (nSPS) is 15.9. The molecule has 0 aromatic heterocycles. The molecule has 0 radical (unpaired) electrons. The molecule has 1 aromatic rings. The van der Waals surface area contributed by atoms with Crippen LogP contribution in [0.25, 0.3) is 0 Å². The van der Waals surface area contributed by atoms with Crippen molar-refractivity contribution in [2.45, 2.75) is 31.8 Å². The Morgan fingerprint density at radius 2 is 2.14 bits per heavy atom. The van der Waals surface area contributed by atoms with Gasteiger partial charge >= 0.3 is 0 Å². The Morgan fingerprint density at radius 3 is 2.73 bits per heavy atom. The summed E-state index contributed by atoms with van der Waals surface area (Å²) >= 11 is 1.68. The molecule has 1 atom stereocenters. The molecule has 1 heterocycles. The lowest BCUT2D eigenvalue weighted by Gasteiger charge is -2.16. The Hall–Kier alpha value is -1.53. The highest BCUT2D eigenvalue weighted by Crippen LogP contribution is 2.21. The molecular formula is C16H23N3O2S. The van der Waals surface area contributed by atoms with Crippen molar-refractivity contribution in [3.8, 4) is 0 Å². The summed E-state index contributed by atoms with van der Waals surface area (Å²) in [5, 5.41) is 2.85. The second kappa shape index (κ2) is 8.19. The van der Waals surface area contributed by atoms with E-state index in [0.29, 0.717) is 19.4 Å². The molecule has 3 N–H and O–H groups in total. The third-order valence-corrected chi connectivity index (χ3v) is 4.40. The molecule has 1 fully saturated rings. The van der Waals surface area contributed by atoms with Gasteiger partial charge in [-0.2, -0.15) is 11.8 Å². The van der Waals surface area contributed by atoms with E-state index < -0.39 is 6.04 Å². The van der Waals surface area contributed by atoms with E-state index in [1.165, 1.54) is 0 Å². The maximum Gasteiger partial charge on any atom is 0.237 e. The second-order valence-electron chi connectivity index (χ2n) is 5.42. The number of thioether (sulfide) groups is 1. The van der Waals surface area contributed by atoms with Crippen molar-refractivity contribution in [2.75, 3.05) is 23.5 Å². The van der Waals surface area contributed by atoms with E-state index in [4.69, 9.17) is 5.73 Å². The first-order valence-electron chi connectivity index (χ1n) is 7.53. The second-order valence-corrected chi connectivity index (χ2v) is 6.41. The lowest BCUT2D eigenvalue weighted by Crippen LogP contribution is -2.40. The first kappa shape index (κ1) is 16.8. The minimum absolute atomic E-state index is 0.118. The van der Waals surface area contributed by atoms with E-state index in [2.05, 4.69) is 5.32 Å². The van der Waals surface area contributed by atoms with Crippen LogP contribution in [0.3, 0.4) is 0 Å². The molecule has 1 aromatic carbocycles. The van der Waals surface area contributed by atoms with Gasteiger partial charge in [0.05, 0.1) is 6.04 Å². The van der Waals surface area contributed by atoms with Gasteiger partial charge in [-0.05, 0) is 42.5 Å². The van der Waals surface area contributed by atoms with E-state index in [0.717, 1.165) is 30.0 Å². The number of hydrogen-bond donors (Lipinski definition) is 2. The third-order valence-electron chi connectivity index (χ3n) is 3.76. The standard InChI is InChI=1S/C16H23N3O2S/c1-22-10-8-14(17)16(21)18-11-12-4-6-13(7-5-12)19-9-2-3-15(19)20/h4-7,14H,2-3,8-11,17H2,1H3,(H,18,21)/t14-/m0/s1. The van der Waals surface area contributed by atoms with Crippen LogP contribution in [0.4, 0.5) is 5.69 Å². The average molecular weight is 321 g/mol. The molecule has 0 spiro atoms. The predicted octanol–water partition coefficient (Wildman–Crippen LogP) is 1.51. The summed E-state index contributed by atoms with van der Waals surface area (Å²) < 4.78 is 0. The zero-order valence-electron chi connectivity index (χ0n) is 12.9. The van der Waals surface area contributed by atoms with Crippen LogP contribution < -0.4 is 16.0 Å². The van der Waals surface area contributed by atoms with E-state index in [1.54, 1.807) is 16.7 Å². The zero-order valence-corrected chi connectivity index (χ0v) is 13.7. The summed E-state index contributed by atoms with van der Waals surface area (Å²) in [7, 11) is 0. The molecule has 0 saturated carbocycles. The molecule has 1 aliphatic heterocycles. The predicted molar refractivity (Wildman–Crippen MR) is 90.9 cm³/mol. The Morgan fingerprint density at radius 1 is 1.41 bits per heavy atom. The molecule has 1 aliphatic rings. The van der Waals surface area contributed by atoms with Gasteiger partial charge in [-0.3, -0.25) is 9.59 Å². The number of benzene rings is 1. The molecule has 0 bridgehead atoms. The molecule has 2 amide bonds. The lowest BCUT2D eigenvalue weighted by atomic mass is 10.1. The zero-order chi connectivity index (χ0) is 15.9. The third kappa shape index (κ3) is 4.48. The number of anilines is 1. The Kier molecular flexibility index (Phi) is 6.27. The van der Waals surface area contributed by atoms with Crippen molar-refractivity contribution in [2.24, 2.45) is 5.73 Å². The highest BCUT2D eigenvalue weighted by atomic mass is 32.2. The number of rotatable bonds is 7. The van der Waals surface area contributed by atoms with E-state index in [1.807, 2.05) is 30.5 Å². The summed E-state index contributed by atoms with van der Waals surface area (Å²) in [4.78, 5) is 25.3. The molecule has 120 valence electrons. The van der Waals surface area contributed by atoms with Crippen LogP contribution in [0, 0.1) is 0 Å².